The van der Waals surface area contributed by atoms with Crippen LogP contribution in [0.25, 0.3) is 0 Å². The minimum Gasteiger partial charge on any atom is -0.358 e. The SMILES string of the molecule is CC1=C(/C=C/C(C)=C\C[P+](c2ccccc2)(c2ccccc2)c2ccccc2)C(C)(C)CCC1.[CH3-]. The maximum absolute atomic E-state index is 2.48. The smallest absolute Gasteiger partial charge is 0.115 e. The summed E-state index contributed by atoms with van der Waals surface area (Å²) in [7, 11) is -1.82. The van der Waals surface area contributed by atoms with E-state index in [0.717, 1.165) is 6.16 Å². The molecule has 0 spiro atoms. The molecule has 0 saturated heterocycles. The fourth-order valence-electron chi connectivity index (χ4n) is 5.38. The van der Waals surface area contributed by atoms with Crippen molar-refractivity contribution in [2.24, 2.45) is 5.41 Å². The highest BCUT2D eigenvalue weighted by Gasteiger charge is 2.44. The molecular weight excluding hydrogens is 439 g/mol. The molecule has 3 aromatic rings. The average Bonchev–Trinajstić information content (AvgIpc) is 2.86. The zero-order valence-electron chi connectivity index (χ0n) is 22.2. The van der Waals surface area contributed by atoms with Crippen molar-refractivity contribution in [3.05, 3.63) is 133 Å². The van der Waals surface area contributed by atoms with E-state index in [1.165, 1.54) is 46.3 Å². The van der Waals surface area contributed by atoms with Crippen LogP contribution in [-0.2, 0) is 0 Å². The van der Waals surface area contributed by atoms with Gasteiger partial charge in [-0.1, -0.05) is 91.7 Å². The second-order valence-corrected chi connectivity index (χ2v) is 13.7. The molecule has 0 radical (unpaired) electrons. The monoisotopic (exact) mass is 480 g/mol. The van der Waals surface area contributed by atoms with Gasteiger partial charge in [-0.25, -0.2) is 0 Å². The molecule has 0 N–H and O–H groups in total. The van der Waals surface area contributed by atoms with Gasteiger partial charge in [-0.3, -0.25) is 0 Å². The molecule has 0 amide bonds. The molecule has 0 atom stereocenters. The van der Waals surface area contributed by atoms with Gasteiger partial charge in [0.1, 0.15) is 23.2 Å². The summed E-state index contributed by atoms with van der Waals surface area (Å²) in [6.45, 7) is 9.37. The second-order valence-electron chi connectivity index (χ2n) is 10.2. The molecule has 0 aliphatic heterocycles. The molecule has 0 fully saturated rings. The first-order chi connectivity index (χ1) is 16.4. The molecule has 0 aromatic heterocycles. The third-order valence-corrected chi connectivity index (χ3v) is 11.6. The summed E-state index contributed by atoms with van der Waals surface area (Å²) in [5.41, 5.74) is 4.70. The van der Waals surface area contributed by atoms with Crippen molar-refractivity contribution in [2.75, 3.05) is 6.16 Å². The van der Waals surface area contributed by atoms with Crippen LogP contribution in [0.3, 0.4) is 0 Å². The number of hydrogen-bond acceptors (Lipinski definition) is 0. The Labute approximate surface area is 214 Å². The lowest BCUT2D eigenvalue weighted by Gasteiger charge is -2.33. The predicted octanol–water partition coefficient (Wildman–Crippen LogP) is 8.46. The van der Waals surface area contributed by atoms with Crippen molar-refractivity contribution in [3.8, 4) is 0 Å². The number of rotatable bonds is 7. The Morgan fingerprint density at radius 3 is 1.69 bits per heavy atom. The summed E-state index contributed by atoms with van der Waals surface area (Å²) in [5, 5.41) is 4.31. The van der Waals surface area contributed by atoms with Gasteiger partial charge in [0.25, 0.3) is 0 Å². The van der Waals surface area contributed by atoms with E-state index in [4.69, 9.17) is 0 Å². The molecular formula is C34H41P. The fourth-order valence-corrected chi connectivity index (χ4v) is 9.52. The maximum Gasteiger partial charge on any atom is 0.115 e. The highest BCUT2D eigenvalue weighted by Crippen LogP contribution is 2.55. The minimum atomic E-state index is -1.82. The van der Waals surface area contributed by atoms with Crippen LogP contribution in [0.15, 0.2) is 126 Å². The van der Waals surface area contributed by atoms with E-state index in [-0.39, 0.29) is 12.8 Å². The van der Waals surface area contributed by atoms with Crippen LogP contribution in [0.1, 0.15) is 47.0 Å². The third-order valence-electron chi connectivity index (χ3n) is 7.33. The van der Waals surface area contributed by atoms with E-state index in [1.807, 2.05) is 0 Å². The van der Waals surface area contributed by atoms with Gasteiger partial charge in [0.15, 0.2) is 0 Å². The minimum absolute atomic E-state index is 0. The van der Waals surface area contributed by atoms with Crippen molar-refractivity contribution >= 4 is 23.2 Å². The van der Waals surface area contributed by atoms with Crippen molar-refractivity contribution in [1.29, 1.82) is 0 Å². The maximum atomic E-state index is 2.48. The van der Waals surface area contributed by atoms with Crippen LogP contribution >= 0.6 is 7.26 Å². The molecule has 0 heterocycles. The molecule has 3 aromatic carbocycles. The lowest BCUT2D eigenvalue weighted by Crippen LogP contribution is -2.33. The number of hydrogen-bond donors (Lipinski definition) is 0. The third kappa shape index (κ3) is 5.94. The molecule has 0 saturated carbocycles. The van der Waals surface area contributed by atoms with E-state index in [0.29, 0.717) is 0 Å². The molecule has 1 aliphatic carbocycles. The predicted molar refractivity (Wildman–Crippen MR) is 160 cm³/mol. The van der Waals surface area contributed by atoms with E-state index in [1.54, 1.807) is 5.57 Å². The van der Waals surface area contributed by atoms with E-state index >= 15 is 0 Å². The summed E-state index contributed by atoms with van der Waals surface area (Å²) in [4.78, 5) is 0. The van der Waals surface area contributed by atoms with Crippen molar-refractivity contribution in [3.63, 3.8) is 0 Å². The highest BCUT2D eigenvalue weighted by molar-refractivity contribution is 7.95. The van der Waals surface area contributed by atoms with Crippen molar-refractivity contribution in [2.45, 2.75) is 47.0 Å². The Bertz CT molecular complexity index is 1070. The molecule has 0 bridgehead atoms. The van der Waals surface area contributed by atoms with Crippen LogP contribution in [0.4, 0.5) is 0 Å². The largest absolute Gasteiger partial charge is 0.358 e. The zero-order chi connectivity index (χ0) is 24.0. The van der Waals surface area contributed by atoms with Gasteiger partial charge in [0.2, 0.25) is 0 Å². The summed E-state index contributed by atoms with van der Waals surface area (Å²) in [6.07, 6.45) is 12.1. The van der Waals surface area contributed by atoms with E-state index in [9.17, 15) is 0 Å². The van der Waals surface area contributed by atoms with Crippen molar-refractivity contribution < 1.29 is 0 Å². The Morgan fingerprint density at radius 2 is 1.26 bits per heavy atom. The highest BCUT2D eigenvalue weighted by atomic mass is 31.2. The van der Waals surface area contributed by atoms with Gasteiger partial charge < -0.3 is 7.43 Å². The quantitative estimate of drug-likeness (QED) is 0.181. The number of allylic oxidation sites excluding steroid dienone is 6. The van der Waals surface area contributed by atoms with Gasteiger partial charge in [0, 0.05) is 0 Å². The average molecular weight is 481 g/mol. The Kier molecular flexibility index (Phi) is 9.09. The Balaban J connectivity index is 0.00000342. The summed E-state index contributed by atoms with van der Waals surface area (Å²) in [5.74, 6) is 0. The molecule has 0 unspecified atom stereocenters. The van der Waals surface area contributed by atoms with Crippen LogP contribution in [0.2, 0.25) is 0 Å². The van der Waals surface area contributed by atoms with Crippen LogP contribution in [-0.4, -0.2) is 6.16 Å². The van der Waals surface area contributed by atoms with Crippen LogP contribution < -0.4 is 15.9 Å². The Hall–Kier alpha value is -2.69. The molecule has 4 rings (SSSR count). The first-order valence-corrected chi connectivity index (χ1v) is 14.5. The zero-order valence-corrected chi connectivity index (χ0v) is 23.1. The van der Waals surface area contributed by atoms with Gasteiger partial charge in [-0.15, -0.1) is 0 Å². The number of benzene rings is 3. The van der Waals surface area contributed by atoms with Gasteiger partial charge in [-0.2, -0.15) is 0 Å². The lowest BCUT2D eigenvalue weighted by atomic mass is 9.72. The summed E-state index contributed by atoms with van der Waals surface area (Å²) >= 11 is 0. The van der Waals surface area contributed by atoms with Crippen LogP contribution in [0, 0.1) is 12.8 Å². The standard InChI is InChI=1S/C33H38P.CH3/c1-27(22-23-32-28(2)15-14-25-33(32,3)4)24-26-34(29-16-8-5-9-17-29,30-18-10-6-11-19-30)31-20-12-7-13-21-31;/h5-13,16-24H,14-15,25-26H2,1-4H3;1H3/q+1;-1/b23-22+,27-24-;. The first-order valence-electron chi connectivity index (χ1n) is 12.5. The second kappa shape index (κ2) is 11.8. The van der Waals surface area contributed by atoms with E-state index < -0.39 is 7.26 Å². The molecule has 182 valence electrons. The van der Waals surface area contributed by atoms with Gasteiger partial charge >= 0.3 is 0 Å². The molecule has 1 heteroatoms. The first kappa shape index (κ1) is 26.9. The molecule has 1 aliphatic rings. The fraction of sp³-hybridized carbons (Fsp3) is 0.265. The van der Waals surface area contributed by atoms with Gasteiger partial charge in [-0.05, 0) is 86.6 Å². The lowest BCUT2D eigenvalue weighted by molar-refractivity contribution is 0.377. The van der Waals surface area contributed by atoms with Crippen molar-refractivity contribution in [1.82, 2.24) is 0 Å². The summed E-state index contributed by atoms with van der Waals surface area (Å²) < 4.78 is 0. The topological polar surface area (TPSA) is 0 Å². The molecule has 0 nitrogen and oxygen atoms in total. The van der Waals surface area contributed by atoms with Crippen LogP contribution in [0.5, 0.6) is 0 Å². The normalized spacial score (nSPS) is 16.3. The van der Waals surface area contributed by atoms with E-state index in [2.05, 4.69) is 137 Å². The molecule has 35 heavy (non-hydrogen) atoms. The van der Waals surface area contributed by atoms with Gasteiger partial charge in [0.05, 0.1) is 6.16 Å². The summed E-state index contributed by atoms with van der Waals surface area (Å²) in [6, 6.07) is 33.4. The Morgan fingerprint density at radius 1 is 0.800 bits per heavy atom.